The fraction of sp³-hybridized carbons (Fsp3) is 0.312. The van der Waals surface area contributed by atoms with Gasteiger partial charge < -0.3 is 4.90 Å². The Hall–Kier alpha value is -1.54. The highest BCUT2D eigenvalue weighted by molar-refractivity contribution is 6.17. The third-order valence-electron chi connectivity index (χ3n) is 3.75. The molecule has 0 radical (unpaired) electrons. The van der Waals surface area contributed by atoms with Gasteiger partial charge in [0.05, 0.1) is 6.04 Å². The Morgan fingerprint density at radius 2 is 2.05 bits per heavy atom. The molecule has 0 N–H and O–H groups in total. The molecule has 0 bridgehead atoms. The van der Waals surface area contributed by atoms with Crippen LogP contribution < -0.4 is 4.90 Å². The minimum Gasteiger partial charge on any atom is -0.364 e. The van der Waals surface area contributed by atoms with Crippen LogP contribution in [0.15, 0.2) is 48.8 Å². The number of aromatic nitrogens is 1. The van der Waals surface area contributed by atoms with Gasteiger partial charge in [0, 0.05) is 30.5 Å². The Bertz CT molecular complexity index is 541. The van der Waals surface area contributed by atoms with Crippen LogP contribution in [0.2, 0.25) is 0 Å². The number of rotatable bonds is 4. The third-order valence-corrected chi connectivity index (χ3v) is 3.97. The zero-order chi connectivity index (χ0) is 13.1. The highest BCUT2D eigenvalue weighted by Gasteiger charge is 2.26. The highest BCUT2D eigenvalue weighted by Crippen LogP contribution is 2.36. The van der Waals surface area contributed by atoms with E-state index in [1.165, 1.54) is 16.8 Å². The zero-order valence-corrected chi connectivity index (χ0v) is 11.6. The van der Waals surface area contributed by atoms with Crippen LogP contribution in [-0.4, -0.2) is 17.4 Å². The zero-order valence-electron chi connectivity index (χ0n) is 10.8. The molecular formula is C16H17ClN2. The standard InChI is InChI=1S/C16H17ClN2/c17-9-6-15(13-4-2-1-3-5-13)19-11-8-14-12-18-10-7-16(14)19/h1-5,7,10,12,15H,6,8-9,11H2. The molecule has 0 saturated carbocycles. The van der Waals surface area contributed by atoms with Gasteiger partial charge in [0.25, 0.3) is 0 Å². The number of alkyl halides is 1. The summed E-state index contributed by atoms with van der Waals surface area (Å²) in [6.45, 7) is 1.05. The lowest BCUT2D eigenvalue weighted by molar-refractivity contribution is 0.623. The predicted octanol–water partition coefficient (Wildman–Crippen LogP) is 3.81. The Balaban J connectivity index is 1.94. The predicted molar refractivity (Wildman–Crippen MR) is 79.8 cm³/mol. The van der Waals surface area contributed by atoms with Crippen LogP contribution in [0.3, 0.4) is 0 Å². The first-order valence-corrected chi connectivity index (χ1v) is 7.24. The lowest BCUT2D eigenvalue weighted by atomic mass is 10.0. The summed E-state index contributed by atoms with van der Waals surface area (Å²) >= 11 is 6.01. The van der Waals surface area contributed by atoms with Gasteiger partial charge in [-0.25, -0.2) is 0 Å². The van der Waals surface area contributed by atoms with Crippen LogP contribution >= 0.6 is 11.6 Å². The molecule has 0 spiro atoms. The van der Waals surface area contributed by atoms with E-state index in [9.17, 15) is 0 Å². The van der Waals surface area contributed by atoms with Gasteiger partial charge in [-0.15, -0.1) is 11.6 Å². The normalized spacial score (nSPS) is 15.3. The van der Waals surface area contributed by atoms with Gasteiger partial charge in [-0.05, 0) is 30.0 Å². The van der Waals surface area contributed by atoms with Gasteiger partial charge in [0.15, 0.2) is 0 Å². The monoisotopic (exact) mass is 272 g/mol. The Morgan fingerprint density at radius 3 is 2.84 bits per heavy atom. The molecule has 1 aliphatic heterocycles. The molecule has 98 valence electrons. The Morgan fingerprint density at radius 1 is 1.21 bits per heavy atom. The Kier molecular flexibility index (Phi) is 3.69. The van der Waals surface area contributed by atoms with Crippen molar-refractivity contribution in [1.29, 1.82) is 0 Å². The second kappa shape index (κ2) is 5.62. The number of pyridine rings is 1. The smallest absolute Gasteiger partial charge is 0.0554 e. The van der Waals surface area contributed by atoms with E-state index in [-0.39, 0.29) is 0 Å². The second-order valence-corrected chi connectivity index (χ2v) is 5.23. The first-order chi connectivity index (χ1) is 9.40. The first-order valence-electron chi connectivity index (χ1n) is 6.70. The van der Waals surface area contributed by atoms with Crippen molar-refractivity contribution in [1.82, 2.24) is 4.98 Å². The Labute approximate surface area is 119 Å². The summed E-state index contributed by atoms with van der Waals surface area (Å²) < 4.78 is 0. The second-order valence-electron chi connectivity index (χ2n) is 4.85. The number of nitrogens with zero attached hydrogens (tertiary/aromatic N) is 2. The molecule has 1 aromatic heterocycles. The lowest BCUT2D eigenvalue weighted by Crippen LogP contribution is -2.27. The number of anilines is 1. The molecule has 0 aliphatic carbocycles. The van der Waals surface area contributed by atoms with Crippen molar-refractivity contribution in [2.24, 2.45) is 0 Å². The van der Waals surface area contributed by atoms with Gasteiger partial charge >= 0.3 is 0 Å². The molecule has 3 rings (SSSR count). The van der Waals surface area contributed by atoms with E-state index in [1.807, 2.05) is 12.4 Å². The molecule has 3 heteroatoms. The number of benzene rings is 1. The fourth-order valence-corrected chi connectivity index (χ4v) is 3.07. The number of halogens is 1. The van der Waals surface area contributed by atoms with E-state index in [0.29, 0.717) is 11.9 Å². The molecule has 19 heavy (non-hydrogen) atoms. The van der Waals surface area contributed by atoms with Crippen molar-refractivity contribution < 1.29 is 0 Å². The summed E-state index contributed by atoms with van der Waals surface area (Å²) in [6.07, 6.45) is 5.90. The van der Waals surface area contributed by atoms with Gasteiger partial charge in [0.1, 0.15) is 0 Å². The molecule has 1 aromatic carbocycles. The highest BCUT2D eigenvalue weighted by atomic mass is 35.5. The summed E-state index contributed by atoms with van der Waals surface area (Å²) in [5, 5.41) is 0. The van der Waals surface area contributed by atoms with E-state index < -0.39 is 0 Å². The first kappa shape index (κ1) is 12.5. The summed E-state index contributed by atoms with van der Waals surface area (Å²) in [5.74, 6) is 0.677. The fourth-order valence-electron chi connectivity index (χ4n) is 2.86. The molecule has 0 amide bonds. The average molecular weight is 273 g/mol. The molecule has 2 nitrogen and oxygen atoms in total. The van der Waals surface area contributed by atoms with Crippen molar-refractivity contribution in [3.8, 4) is 0 Å². The van der Waals surface area contributed by atoms with Crippen molar-refractivity contribution in [3.05, 3.63) is 59.9 Å². The van der Waals surface area contributed by atoms with Crippen molar-refractivity contribution >= 4 is 17.3 Å². The third kappa shape index (κ3) is 2.45. The molecule has 1 aliphatic rings. The summed E-state index contributed by atoms with van der Waals surface area (Å²) in [6, 6.07) is 13.1. The van der Waals surface area contributed by atoms with Gasteiger partial charge in [0.2, 0.25) is 0 Å². The number of fused-ring (bicyclic) bond motifs is 1. The lowest BCUT2D eigenvalue weighted by Gasteiger charge is -2.30. The molecule has 1 atom stereocenters. The average Bonchev–Trinajstić information content (AvgIpc) is 2.89. The molecule has 0 fully saturated rings. The van der Waals surface area contributed by atoms with Crippen LogP contribution in [0.5, 0.6) is 0 Å². The molecule has 2 aromatic rings. The van der Waals surface area contributed by atoms with E-state index in [4.69, 9.17) is 11.6 Å². The largest absolute Gasteiger partial charge is 0.364 e. The van der Waals surface area contributed by atoms with E-state index in [2.05, 4.69) is 46.3 Å². The maximum absolute atomic E-state index is 6.01. The maximum Gasteiger partial charge on any atom is 0.0554 e. The maximum atomic E-state index is 6.01. The van der Waals surface area contributed by atoms with Crippen LogP contribution in [0, 0.1) is 0 Å². The van der Waals surface area contributed by atoms with E-state index >= 15 is 0 Å². The van der Waals surface area contributed by atoms with E-state index in [1.54, 1.807) is 0 Å². The molecule has 1 unspecified atom stereocenters. The van der Waals surface area contributed by atoms with Crippen LogP contribution in [-0.2, 0) is 6.42 Å². The molecule has 2 heterocycles. The van der Waals surface area contributed by atoms with Gasteiger partial charge in [-0.1, -0.05) is 30.3 Å². The minimum absolute atomic E-state index is 0.363. The van der Waals surface area contributed by atoms with Crippen molar-refractivity contribution in [3.63, 3.8) is 0 Å². The molecule has 0 saturated heterocycles. The molecular weight excluding hydrogens is 256 g/mol. The van der Waals surface area contributed by atoms with Gasteiger partial charge in [-0.3, -0.25) is 4.98 Å². The van der Waals surface area contributed by atoms with Gasteiger partial charge in [-0.2, -0.15) is 0 Å². The quantitative estimate of drug-likeness (QED) is 0.787. The topological polar surface area (TPSA) is 16.1 Å². The van der Waals surface area contributed by atoms with Crippen molar-refractivity contribution in [2.45, 2.75) is 18.9 Å². The summed E-state index contributed by atoms with van der Waals surface area (Å²) in [4.78, 5) is 6.68. The van der Waals surface area contributed by atoms with Crippen molar-refractivity contribution in [2.75, 3.05) is 17.3 Å². The SMILES string of the molecule is ClCCC(c1ccccc1)N1CCc2cnccc21. The van der Waals surface area contributed by atoms with Crippen LogP contribution in [0.4, 0.5) is 5.69 Å². The summed E-state index contributed by atoms with van der Waals surface area (Å²) in [7, 11) is 0. The van der Waals surface area contributed by atoms with E-state index in [0.717, 1.165) is 19.4 Å². The number of hydrogen-bond acceptors (Lipinski definition) is 2. The van der Waals surface area contributed by atoms with Crippen LogP contribution in [0.25, 0.3) is 0 Å². The minimum atomic E-state index is 0.363. The summed E-state index contributed by atoms with van der Waals surface area (Å²) in [5.41, 5.74) is 4.00. The number of hydrogen-bond donors (Lipinski definition) is 0. The van der Waals surface area contributed by atoms with Crippen LogP contribution in [0.1, 0.15) is 23.6 Å².